The fraction of sp³-hybridized carbons (Fsp3) is 0.500. The van der Waals surface area contributed by atoms with Crippen LogP contribution in [0.15, 0.2) is 103 Å². The van der Waals surface area contributed by atoms with Crippen molar-refractivity contribution in [3.8, 4) is 0 Å². The van der Waals surface area contributed by atoms with Crippen molar-refractivity contribution in [3.05, 3.63) is 120 Å². The number of rotatable bonds is 19. The third kappa shape index (κ3) is 9.62. The van der Waals surface area contributed by atoms with Crippen molar-refractivity contribution >= 4 is 0 Å². The van der Waals surface area contributed by atoms with Crippen molar-refractivity contribution in [1.29, 1.82) is 0 Å². The van der Waals surface area contributed by atoms with Gasteiger partial charge in [0, 0.05) is 0 Å². The van der Waals surface area contributed by atoms with E-state index in [2.05, 4.69) is 55.5 Å². The average molecular weight is 599 g/mol. The normalized spacial score (nSPS) is 19.0. The molecule has 1 aliphatic heterocycles. The first kappa shape index (κ1) is 34.1. The van der Waals surface area contributed by atoms with Gasteiger partial charge in [-0.2, -0.15) is 0 Å². The molecular weight excluding hydrogens is 544 g/mol. The molecule has 0 radical (unpaired) electrons. The average Bonchev–Trinajstić information content (AvgIpc) is 3.37. The van der Waals surface area contributed by atoms with Gasteiger partial charge >= 0.3 is 0 Å². The monoisotopic (exact) mass is 598 g/mol. The Labute approximate surface area is 266 Å². The minimum atomic E-state index is -0.902. The fourth-order valence-corrected chi connectivity index (χ4v) is 6.32. The highest BCUT2D eigenvalue weighted by Crippen LogP contribution is 2.41. The van der Waals surface area contributed by atoms with Crippen LogP contribution in [0.4, 0.5) is 0 Å². The predicted octanol–water partition coefficient (Wildman–Crippen LogP) is 9.74. The molecule has 4 rings (SSSR count). The number of aliphatic hydroxyl groups is 1. The van der Waals surface area contributed by atoms with E-state index in [9.17, 15) is 5.11 Å². The largest absolute Gasteiger partial charge is 0.388 e. The summed E-state index contributed by atoms with van der Waals surface area (Å²) in [5.74, 6) is -0.785. The number of unbranched alkanes of at least 4 members (excludes halogenated alkanes) is 10. The van der Waals surface area contributed by atoms with Crippen LogP contribution in [0.2, 0.25) is 0 Å². The van der Waals surface area contributed by atoms with Gasteiger partial charge in [0.15, 0.2) is 5.79 Å². The minimum absolute atomic E-state index is 0.0750. The van der Waals surface area contributed by atoms with Crippen LogP contribution < -0.4 is 0 Å². The van der Waals surface area contributed by atoms with Crippen molar-refractivity contribution in [2.75, 3.05) is 6.61 Å². The molecule has 0 unspecified atom stereocenters. The highest BCUT2D eigenvalue weighted by molar-refractivity contribution is 5.47. The fourth-order valence-electron chi connectivity index (χ4n) is 6.32. The predicted molar refractivity (Wildman–Crippen MR) is 181 cm³/mol. The topological polar surface area (TPSA) is 47.9 Å². The van der Waals surface area contributed by atoms with Crippen molar-refractivity contribution in [1.82, 2.24) is 0 Å². The van der Waals surface area contributed by atoms with Crippen LogP contribution in [0.3, 0.4) is 0 Å². The molecule has 4 nitrogen and oxygen atoms in total. The Morgan fingerprint density at radius 2 is 1.16 bits per heavy atom. The van der Waals surface area contributed by atoms with E-state index in [4.69, 9.17) is 14.2 Å². The molecule has 1 heterocycles. The lowest BCUT2D eigenvalue weighted by Crippen LogP contribution is -2.42. The molecule has 1 N–H and O–H groups in total. The molecule has 1 fully saturated rings. The molecule has 238 valence electrons. The third-order valence-corrected chi connectivity index (χ3v) is 8.60. The van der Waals surface area contributed by atoms with Gasteiger partial charge in [-0.1, -0.05) is 168 Å². The maximum absolute atomic E-state index is 11.6. The lowest BCUT2D eigenvalue weighted by Gasteiger charge is -2.37. The second-order valence-corrected chi connectivity index (χ2v) is 12.6. The number of hydrogen-bond donors (Lipinski definition) is 1. The van der Waals surface area contributed by atoms with Gasteiger partial charge in [0.05, 0.1) is 6.61 Å². The van der Waals surface area contributed by atoms with E-state index in [0.717, 1.165) is 23.1 Å². The summed E-state index contributed by atoms with van der Waals surface area (Å²) in [7, 11) is 0. The Morgan fingerprint density at radius 1 is 0.705 bits per heavy atom. The van der Waals surface area contributed by atoms with E-state index in [1.54, 1.807) is 0 Å². The Balaban J connectivity index is 1.39. The van der Waals surface area contributed by atoms with Gasteiger partial charge in [-0.25, -0.2) is 0 Å². The molecule has 1 aliphatic rings. The molecule has 0 saturated carbocycles. The second-order valence-electron chi connectivity index (χ2n) is 12.6. The van der Waals surface area contributed by atoms with Crippen molar-refractivity contribution in [2.24, 2.45) is 0 Å². The number of benzene rings is 3. The summed E-state index contributed by atoms with van der Waals surface area (Å²) in [6.07, 6.45) is 16.8. The SMILES string of the molecule is CCCCCCCCCCCC/C=C\[C@H]1OC(C)(C)O[C@H]1[C@H](O)COC(c1ccccc1)(c1ccccc1)c1ccccc1. The molecule has 0 aromatic heterocycles. The molecule has 3 atom stereocenters. The maximum atomic E-state index is 11.6. The van der Waals surface area contributed by atoms with Crippen molar-refractivity contribution in [2.45, 2.75) is 121 Å². The lowest BCUT2D eigenvalue weighted by atomic mass is 9.80. The maximum Gasteiger partial charge on any atom is 0.164 e. The van der Waals surface area contributed by atoms with Gasteiger partial charge in [0.2, 0.25) is 0 Å². The summed E-state index contributed by atoms with van der Waals surface area (Å²) in [6.45, 7) is 6.16. The zero-order valence-corrected chi connectivity index (χ0v) is 27.2. The number of ether oxygens (including phenoxy) is 3. The Morgan fingerprint density at radius 3 is 1.64 bits per heavy atom. The van der Waals surface area contributed by atoms with Gasteiger partial charge in [0.25, 0.3) is 0 Å². The zero-order valence-electron chi connectivity index (χ0n) is 27.2. The highest BCUT2D eigenvalue weighted by atomic mass is 16.8. The Hall–Kier alpha value is -2.76. The zero-order chi connectivity index (χ0) is 31.1. The molecule has 3 aromatic carbocycles. The standard InChI is InChI=1S/C40H54O4/c1-4-5-6-7-8-9-10-11-12-13-14-24-31-37-38(44-39(2,3)43-37)36(41)32-42-40(33-25-18-15-19-26-33,34-27-20-16-21-28-34)35-29-22-17-23-30-35/h15-31,36-38,41H,4-14,32H2,1-3H3/b31-24-/t36-,37-,38+/m1/s1. The molecule has 1 saturated heterocycles. The summed E-state index contributed by atoms with van der Waals surface area (Å²) in [5, 5.41) is 11.6. The van der Waals surface area contributed by atoms with Gasteiger partial charge in [-0.15, -0.1) is 0 Å². The van der Waals surface area contributed by atoms with Gasteiger partial charge in [-0.05, 0) is 43.4 Å². The van der Waals surface area contributed by atoms with E-state index in [0.29, 0.717) is 0 Å². The smallest absolute Gasteiger partial charge is 0.164 e. The molecular formula is C40H54O4. The number of hydrogen-bond acceptors (Lipinski definition) is 4. The molecule has 0 spiro atoms. The van der Waals surface area contributed by atoms with E-state index < -0.39 is 23.6 Å². The molecule has 3 aromatic rings. The second kappa shape index (κ2) is 17.7. The summed E-state index contributed by atoms with van der Waals surface area (Å²) in [6, 6.07) is 30.7. The number of allylic oxidation sites excluding steroid dienone is 1. The lowest BCUT2D eigenvalue weighted by molar-refractivity contribution is -0.160. The van der Waals surface area contributed by atoms with E-state index in [-0.39, 0.29) is 12.7 Å². The molecule has 0 bridgehead atoms. The highest BCUT2D eigenvalue weighted by Gasteiger charge is 2.45. The van der Waals surface area contributed by atoms with Gasteiger partial charge in [-0.3, -0.25) is 0 Å². The molecule has 4 heteroatoms. The van der Waals surface area contributed by atoms with Crippen molar-refractivity contribution in [3.63, 3.8) is 0 Å². The summed E-state index contributed by atoms with van der Waals surface area (Å²) >= 11 is 0. The third-order valence-electron chi connectivity index (χ3n) is 8.60. The first-order chi connectivity index (χ1) is 21.5. The first-order valence-corrected chi connectivity index (χ1v) is 17.0. The Kier molecular flexibility index (Phi) is 13.7. The van der Waals surface area contributed by atoms with Crippen LogP contribution in [-0.4, -0.2) is 35.8 Å². The summed E-state index contributed by atoms with van der Waals surface area (Å²) in [5.41, 5.74) is 2.10. The van der Waals surface area contributed by atoms with Crippen LogP contribution >= 0.6 is 0 Å². The molecule has 0 aliphatic carbocycles. The van der Waals surface area contributed by atoms with Crippen LogP contribution in [0.25, 0.3) is 0 Å². The van der Waals surface area contributed by atoms with E-state index in [1.807, 2.05) is 68.4 Å². The van der Waals surface area contributed by atoms with Gasteiger partial charge < -0.3 is 19.3 Å². The van der Waals surface area contributed by atoms with E-state index >= 15 is 0 Å². The van der Waals surface area contributed by atoms with Crippen LogP contribution in [-0.2, 0) is 19.8 Å². The molecule has 44 heavy (non-hydrogen) atoms. The number of aliphatic hydroxyl groups excluding tert-OH is 1. The summed E-state index contributed by atoms with van der Waals surface area (Å²) in [4.78, 5) is 0. The first-order valence-electron chi connectivity index (χ1n) is 17.0. The van der Waals surface area contributed by atoms with Crippen LogP contribution in [0.1, 0.15) is 108 Å². The minimum Gasteiger partial charge on any atom is -0.388 e. The van der Waals surface area contributed by atoms with Crippen LogP contribution in [0.5, 0.6) is 0 Å². The van der Waals surface area contributed by atoms with E-state index in [1.165, 1.54) is 64.2 Å². The quantitative estimate of drug-likeness (QED) is 0.0848. The van der Waals surface area contributed by atoms with Gasteiger partial charge in [0.1, 0.15) is 23.9 Å². The summed E-state index contributed by atoms with van der Waals surface area (Å²) < 4.78 is 19.4. The van der Waals surface area contributed by atoms with Crippen LogP contribution in [0, 0.1) is 0 Å². The molecule has 0 amide bonds. The Bertz CT molecular complexity index is 1110. The van der Waals surface area contributed by atoms with Crippen molar-refractivity contribution < 1.29 is 19.3 Å².